The summed E-state index contributed by atoms with van der Waals surface area (Å²) in [6.45, 7) is 3.46. The quantitative estimate of drug-likeness (QED) is 0.730. The van der Waals surface area contributed by atoms with Crippen molar-refractivity contribution < 1.29 is 22.7 Å². The Morgan fingerprint density at radius 2 is 1.93 bits per heavy atom. The van der Waals surface area contributed by atoms with E-state index in [1.165, 1.54) is 10.5 Å². The lowest BCUT2D eigenvalue weighted by molar-refractivity contribution is -0.130. The van der Waals surface area contributed by atoms with Crippen molar-refractivity contribution in [3.63, 3.8) is 0 Å². The molecule has 1 fully saturated rings. The van der Waals surface area contributed by atoms with Crippen LogP contribution in [0.5, 0.6) is 11.5 Å². The number of carbonyl (C=O) groups is 1. The van der Waals surface area contributed by atoms with E-state index < -0.39 is 10.0 Å². The number of hydrogen-bond acceptors (Lipinski definition) is 6. The van der Waals surface area contributed by atoms with Gasteiger partial charge in [-0.05, 0) is 31.0 Å². The van der Waals surface area contributed by atoms with Gasteiger partial charge in [-0.15, -0.1) is 0 Å². The van der Waals surface area contributed by atoms with Crippen LogP contribution in [0.25, 0.3) is 0 Å². The van der Waals surface area contributed by atoms with E-state index in [0.717, 1.165) is 5.56 Å². The first-order valence-corrected chi connectivity index (χ1v) is 10.9. The van der Waals surface area contributed by atoms with Gasteiger partial charge in [0.15, 0.2) is 16.5 Å². The van der Waals surface area contributed by atoms with E-state index >= 15 is 0 Å². The number of imidazole rings is 1. The van der Waals surface area contributed by atoms with Crippen molar-refractivity contribution in [3.8, 4) is 11.5 Å². The lowest BCUT2D eigenvalue weighted by atomic mass is 10.1. The summed E-state index contributed by atoms with van der Waals surface area (Å²) in [6.07, 6.45) is 2.35. The van der Waals surface area contributed by atoms with Crippen molar-refractivity contribution in [3.05, 3.63) is 35.8 Å². The van der Waals surface area contributed by atoms with E-state index in [9.17, 15) is 13.2 Å². The van der Waals surface area contributed by atoms with Gasteiger partial charge in [0.05, 0.1) is 6.42 Å². The standard InChI is InChI=1S/C19H24N4O5S/c1-14-20-18(12-21(14)2)29(25,26)23-7-3-6-22(8-9-23)19(24)11-15-4-5-16-17(10-15)28-13-27-16/h4-5,10,12H,3,6-9,11,13H2,1-2H3. The van der Waals surface area contributed by atoms with Gasteiger partial charge >= 0.3 is 0 Å². The fraction of sp³-hybridized carbons (Fsp3) is 0.474. The van der Waals surface area contributed by atoms with Crippen LogP contribution in [0.3, 0.4) is 0 Å². The average Bonchev–Trinajstić information content (AvgIpc) is 3.18. The molecule has 0 saturated carbocycles. The van der Waals surface area contributed by atoms with Crippen molar-refractivity contribution in [1.29, 1.82) is 0 Å². The van der Waals surface area contributed by atoms with E-state index in [1.807, 2.05) is 12.1 Å². The maximum absolute atomic E-state index is 12.9. The molecule has 0 aliphatic carbocycles. The first-order chi connectivity index (χ1) is 13.8. The molecule has 156 valence electrons. The van der Waals surface area contributed by atoms with Crippen LogP contribution in [-0.2, 0) is 28.3 Å². The van der Waals surface area contributed by atoms with Crippen molar-refractivity contribution in [2.45, 2.75) is 24.8 Å². The summed E-state index contributed by atoms with van der Waals surface area (Å²) < 4.78 is 39.6. The van der Waals surface area contributed by atoms with Crippen LogP contribution in [0, 0.1) is 6.92 Å². The first-order valence-electron chi connectivity index (χ1n) is 9.51. The number of hydrogen-bond donors (Lipinski definition) is 0. The molecular weight excluding hydrogens is 396 g/mol. The van der Waals surface area contributed by atoms with Crippen LogP contribution >= 0.6 is 0 Å². The lowest BCUT2D eigenvalue weighted by Crippen LogP contribution is -2.38. The van der Waals surface area contributed by atoms with E-state index in [2.05, 4.69) is 4.98 Å². The molecule has 1 aromatic heterocycles. The van der Waals surface area contributed by atoms with Crippen LogP contribution in [0.4, 0.5) is 0 Å². The van der Waals surface area contributed by atoms with Gasteiger partial charge in [0.25, 0.3) is 10.0 Å². The number of carbonyl (C=O) groups excluding carboxylic acids is 1. The van der Waals surface area contributed by atoms with Crippen LogP contribution in [0.2, 0.25) is 0 Å². The van der Waals surface area contributed by atoms with E-state index in [4.69, 9.17) is 9.47 Å². The molecule has 1 aromatic carbocycles. The Kier molecular flexibility index (Phi) is 5.22. The Bertz CT molecular complexity index is 1010. The number of nitrogens with zero attached hydrogens (tertiary/aromatic N) is 4. The van der Waals surface area contributed by atoms with Gasteiger partial charge in [0.1, 0.15) is 5.82 Å². The Hall–Kier alpha value is -2.59. The molecule has 2 aliphatic rings. The molecule has 4 rings (SSSR count). The minimum atomic E-state index is -3.67. The Morgan fingerprint density at radius 3 is 2.69 bits per heavy atom. The fourth-order valence-electron chi connectivity index (χ4n) is 3.50. The topological polar surface area (TPSA) is 94.0 Å². The number of rotatable bonds is 4. The summed E-state index contributed by atoms with van der Waals surface area (Å²) in [5.41, 5.74) is 0.844. The minimum Gasteiger partial charge on any atom is -0.454 e. The van der Waals surface area contributed by atoms with Crippen LogP contribution in [-0.4, -0.2) is 66.1 Å². The number of aromatic nitrogens is 2. The first kappa shape index (κ1) is 19.7. The molecule has 0 atom stereocenters. The van der Waals surface area contributed by atoms with E-state index in [1.54, 1.807) is 29.5 Å². The number of benzene rings is 1. The number of sulfonamides is 1. The van der Waals surface area contributed by atoms with Crippen LogP contribution < -0.4 is 9.47 Å². The highest BCUT2D eigenvalue weighted by Gasteiger charge is 2.30. The Balaban J connectivity index is 1.41. The summed E-state index contributed by atoms with van der Waals surface area (Å²) in [5.74, 6) is 1.94. The Morgan fingerprint density at radius 1 is 1.14 bits per heavy atom. The third kappa shape index (κ3) is 3.95. The second-order valence-electron chi connectivity index (χ2n) is 7.24. The lowest BCUT2D eigenvalue weighted by Gasteiger charge is -2.21. The third-order valence-electron chi connectivity index (χ3n) is 5.29. The van der Waals surface area contributed by atoms with Crippen molar-refractivity contribution in [2.75, 3.05) is 33.0 Å². The molecule has 10 heteroatoms. The summed E-state index contributed by atoms with van der Waals surface area (Å²) in [7, 11) is -1.90. The minimum absolute atomic E-state index is 0.0307. The highest BCUT2D eigenvalue weighted by molar-refractivity contribution is 7.89. The highest BCUT2D eigenvalue weighted by Crippen LogP contribution is 2.32. The molecule has 0 radical (unpaired) electrons. The van der Waals surface area contributed by atoms with E-state index in [0.29, 0.717) is 43.4 Å². The zero-order valence-electron chi connectivity index (χ0n) is 16.5. The van der Waals surface area contributed by atoms with Crippen molar-refractivity contribution in [1.82, 2.24) is 18.8 Å². The predicted octanol–water partition coefficient (Wildman–Crippen LogP) is 0.923. The highest BCUT2D eigenvalue weighted by atomic mass is 32.2. The molecule has 2 aromatic rings. The number of ether oxygens (including phenoxy) is 2. The summed E-state index contributed by atoms with van der Waals surface area (Å²) >= 11 is 0. The third-order valence-corrected chi connectivity index (χ3v) is 7.06. The maximum Gasteiger partial charge on any atom is 0.262 e. The molecular formula is C19H24N4O5S. The Labute approximate surface area is 169 Å². The molecule has 1 saturated heterocycles. The van der Waals surface area contributed by atoms with Gasteiger partial charge in [-0.25, -0.2) is 13.4 Å². The molecule has 1 amide bonds. The van der Waals surface area contributed by atoms with Crippen molar-refractivity contribution in [2.24, 2.45) is 7.05 Å². The molecule has 0 N–H and O–H groups in total. The van der Waals surface area contributed by atoms with Crippen LogP contribution in [0.15, 0.2) is 29.4 Å². The van der Waals surface area contributed by atoms with Gasteiger partial charge in [-0.2, -0.15) is 4.31 Å². The van der Waals surface area contributed by atoms with Crippen molar-refractivity contribution >= 4 is 15.9 Å². The zero-order chi connectivity index (χ0) is 20.6. The van der Waals surface area contributed by atoms with E-state index in [-0.39, 0.29) is 30.7 Å². The smallest absolute Gasteiger partial charge is 0.262 e. The van der Waals surface area contributed by atoms with Gasteiger partial charge in [-0.1, -0.05) is 6.07 Å². The largest absolute Gasteiger partial charge is 0.454 e. The summed E-state index contributed by atoms with van der Waals surface area (Å²) in [5, 5.41) is 0.0534. The number of fused-ring (bicyclic) bond motifs is 1. The number of amides is 1. The van der Waals surface area contributed by atoms with Gasteiger partial charge < -0.3 is 18.9 Å². The molecule has 2 aliphatic heterocycles. The molecule has 29 heavy (non-hydrogen) atoms. The van der Waals surface area contributed by atoms with Gasteiger partial charge in [-0.3, -0.25) is 4.79 Å². The number of aryl methyl sites for hydroxylation is 2. The molecule has 0 bridgehead atoms. The summed E-state index contributed by atoms with van der Waals surface area (Å²) in [6, 6.07) is 5.47. The zero-order valence-corrected chi connectivity index (χ0v) is 17.3. The van der Waals surface area contributed by atoms with Crippen LogP contribution in [0.1, 0.15) is 17.8 Å². The normalized spacial score (nSPS) is 17.4. The SMILES string of the molecule is Cc1nc(S(=O)(=O)N2CCCN(C(=O)Cc3ccc4c(c3)OCO4)CC2)cn1C. The fourth-order valence-corrected chi connectivity index (χ4v) is 5.00. The average molecular weight is 420 g/mol. The summed E-state index contributed by atoms with van der Waals surface area (Å²) in [4.78, 5) is 18.6. The second-order valence-corrected chi connectivity index (χ2v) is 9.12. The predicted molar refractivity (Wildman–Crippen MR) is 104 cm³/mol. The molecule has 0 spiro atoms. The second kappa shape index (κ2) is 7.68. The maximum atomic E-state index is 12.9. The van der Waals surface area contributed by atoms with Gasteiger partial charge in [0, 0.05) is 39.4 Å². The van der Waals surface area contributed by atoms with Gasteiger partial charge in [0.2, 0.25) is 12.7 Å². The molecule has 3 heterocycles. The molecule has 9 nitrogen and oxygen atoms in total. The molecule has 0 unspecified atom stereocenters. The monoisotopic (exact) mass is 420 g/mol.